The van der Waals surface area contributed by atoms with E-state index in [1.807, 2.05) is 27.7 Å². The molecule has 0 unspecified atom stereocenters. The van der Waals surface area contributed by atoms with Gasteiger partial charge < -0.3 is 9.47 Å². The van der Waals surface area contributed by atoms with Crippen molar-refractivity contribution in [1.29, 1.82) is 0 Å². The van der Waals surface area contributed by atoms with Crippen LogP contribution in [0.1, 0.15) is 46.1 Å². The molecule has 2 heteroatoms. The van der Waals surface area contributed by atoms with E-state index in [0.717, 1.165) is 12.8 Å². The van der Waals surface area contributed by atoms with Crippen LogP contribution >= 0.6 is 0 Å². The van der Waals surface area contributed by atoms with Crippen molar-refractivity contribution in [3.8, 4) is 22.3 Å². The van der Waals surface area contributed by atoms with E-state index >= 15 is 0 Å². The molecule has 6 aromatic rings. The fraction of sp³-hybridized carbons (Fsp3) is 0.256. The largest absolute Gasteiger partial charge is 0.376 e. The van der Waals surface area contributed by atoms with Gasteiger partial charge in [-0.05, 0) is 125 Å². The van der Waals surface area contributed by atoms with Crippen molar-refractivity contribution in [3.63, 3.8) is 0 Å². The molecule has 0 bridgehead atoms. The standard InChI is InChI=1S/C35H26.C8H18O2/c1-23-14-19-32-33(20-23)35(29-18-16-25-9-3-5-11-27(25)22-29)31-13-7-6-12-30(31)34(32)28-17-15-24-8-2-4-10-26(24)21-28;1-7(2,9-5)8(3,4)10-6/h2-5,8-22H,6-7H2,1H3;1-6H3. The lowest BCUT2D eigenvalue weighted by Crippen LogP contribution is -2.48. The fourth-order valence-corrected chi connectivity index (χ4v) is 6.33. The third-order valence-corrected chi connectivity index (χ3v) is 9.95. The summed E-state index contributed by atoms with van der Waals surface area (Å²) in [5.41, 5.74) is 6.15. The van der Waals surface area contributed by atoms with Crippen molar-refractivity contribution >= 4 is 44.5 Å². The molecule has 0 amide bonds. The van der Waals surface area contributed by atoms with Gasteiger partial charge in [-0.3, -0.25) is 0 Å². The lowest BCUT2D eigenvalue weighted by Gasteiger charge is -2.38. The number of fused-ring (bicyclic) bond motifs is 4. The highest BCUT2D eigenvalue weighted by Gasteiger charge is 2.37. The van der Waals surface area contributed by atoms with Crippen LogP contribution in [0.5, 0.6) is 0 Å². The molecule has 0 saturated carbocycles. The van der Waals surface area contributed by atoms with E-state index in [1.165, 1.54) is 70.6 Å². The monoisotopic (exact) mass is 592 g/mol. The maximum atomic E-state index is 5.27. The Balaban J connectivity index is 0.000000311. The van der Waals surface area contributed by atoms with Crippen LogP contribution in [0.25, 0.3) is 66.7 Å². The Morgan fingerprint density at radius 3 is 1.40 bits per heavy atom. The SMILES string of the molecule is COC(C)(C)C(C)(C)OC.Cc1ccc2c(-c3ccc4ccccc4c3)c3c(c(-c4ccc5ccccc5c4)c2c1)=CCCC=3. The second kappa shape index (κ2) is 12.3. The first-order valence-electron chi connectivity index (χ1n) is 16.0. The molecule has 0 fully saturated rings. The molecule has 228 valence electrons. The van der Waals surface area contributed by atoms with Crippen molar-refractivity contribution in [1.82, 2.24) is 0 Å². The minimum atomic E-state index is -0.234. The average Bonchev–Trinajstić information content (AvgIpc) is 3.07. The van der Waals surface area contributed by atoms with Crippen LogP contribution < -0.4 is 10.4 Å². The quantitative estimate of drug-likeness (QED) is 0.198. The third kappa shape index (κ3) is 5.81. The van der Waals surface area contributed by atoms with Gasteiger partial charge in [0.25, 0.3) is 0 Å². The van der Waals surface area contributed by atoms with Crippen LogP contribution in [0.3, 0.4) is 0 Å². The molecule has 0 N–H and O–H groups in total. The Morgan fingerprint density at radius 1 is 0.489 bits per heavy atom. The Kier molecular flexibility index (Phi) is 8.39. The summed E-state index contributed by atoms with van der Waals surface area (Å²) >= 11 is 0. The second-order valence-corrected chi connectivity index (χ2v) is 13.2. The molecule has 0 radical (unpaired) electrons. The van der Waals surface area contributed by atoms with Crippen LogP contribution in [-0.4, -0.2) is 25.4 Å². The van der Waals surface area contributed by atoms with Crippen LogP contribution in [0.2, 0.25) is 0 Å². The van der Waals surface area contributed by atoms with Gasteiger partial charge in [0.15, 0.2) is 0 Å². The van der Waals surface area contributed by atoms with Gasteiger partial charge >= 0.3 is 0 Å². The molecule has 2 nitrogen and oxygen atoms in total. The van der Waals surface area contributed by atoms with E-state index in [9.17, 15) is 0 Å². The summed E-state index contributed by atoms with van der Waals surface area (Å²) in [7, 11) is 3.39. The highest BCUT2D eigenvalue weighted by atomic mass is 16.5. The van der Waals surface area contributed by atoms with Crippen LogP contribution in [0, 0.1) is 6.92 Å². The first-order valence-corrected chi connectivity index (χ1v) is 16.0. The first kappa shape index (κ1) is 30.8. The Labute approximate surface area is 267 Å². The minimum Gasteiger partial charge on any atom is -0.376 e. The Bertz CT molecular complexity index is 2140. The topological polar surface area (TPSA) is 18.5 Å². The number of benzene rings is 6. The number of aryl methyl sites for hydroxylation is 1. The molecule has 0 heterocycles. The molecule has 0 aliphatic heterocycles. The van der Waals surface area contributed by atoms with E-state index in [0.29, 0.717) is 0 Å². The molecule has 0 saturated heterocycles. The zero-order valence-electron chi connectivity index (χ0n) is 27.7. The third-order valence-electron chi connectivity index (χ3n) is 9.95. The van der Waals surface area contributed by atoms with E-state index in [-0.39, 0.29) is 11.2 Å². The average molecular weight is 593 g/mol. The summed E-state index contributed by atoms with van der Waals surface area (Å²) in [6.07, 6.45) is 7.10. The smallest absolute Gasteiger partial charge is 0.0905 e. The van der Waals surface area contributed by atoms with Gasteiger partial charge in [-0.2, -0.15) is 0 Å². The molecule has 1 aliphatic carbocycles. The Hall–Kier alpha value is -4.24. The van der Waals surface area contributed by atoms with Crippen LogP contribution in [0.15, 0.2) is 103 Å². The highest BCUT2D eigenvalue weighted by molar-refractivity contribution is 6.07. The van der Waals surface area contributed by atoms with E-state index in [1.54, 1.807) is 14.2 Å². The van der Waals surface area contributed by atoms with E-state index < -0.39 is 0 Å². The van der Waals surface area contributed by atoms with Crippen molar-refractivity contribution in [2.45, 2.75) is 58.7 Å². The van der Waals surface area contributed by atoms with Crippen LogP contribution in [-0.2, 0) is 9.47 Å². The summed E-state index contributed by atoms with van der Waals surface area (Å²) in [5, 5.41) is 10.6. The van der Waals surface area contributed by atoms with Gasteiger partial charge in [-0.1, -0.05) is 109 Å². The van der Waals surface area contributed by atoms with Gasteiger partial charge in [0.05, 0.1) is 11.2 Å². The van der Waals surface area contributed by atoms with Gasteiger partial charge in [-0.25, -0.2) is 0 Å². The summed E-state index contributed by atoms with van der Waals surface area (Å²) < 4.78 is 10.5. The molecular weight excluding hydrogens is 548 g/mol. The first-order chi connectivity index (χ1) is 21.6. The molecule has 0 atom stereocenters. The predicted octanol–water partition coefficient (Wildman–Crippen LogP) is 9.98. The summed E-state index contributed by atoms with van der Waals surface area (Å²) in [6, 6.07) is 38.2. The number of hydrogen-bond acceptors (Lipinski definition) is 2. The fourth-order valence-electron chi connectivity index (χ4n) is 6.33. The minimum absolute atomic E-state index is 0.234. The van der Waals surface area contributed by atoms with E-state index in [2.05, 4.69) is 122 Å². The Morgan fingerprint density at radius 2 is 0.933 bits per heavy atom. The zero-order valence-corrected chi connectivity index (χ0v) is 27.7. The molecule has 6 aromatic carbocycles. The van der Waals surface area contributed by atoms with Gasteiger partial charge in [0.2, 0.25) is 0 Å². The molecule has 7 rings (SSSR count). The number of ether oxygens (including phenoxy) is 2. The zero-order chi connectivity index (χ0) is 31.8. The molecule has 0 aromatic heterocycles. The van der Waals surface area contributed by atoms with E-state index in [4.69, 9.17) is 9.47 Å². The van der Waals surface area contributed by atoms with Crippen molar-refractivity contribution in [2.75, 3.05) is 14.2 Å². The predicted molar refractivity (Wildman–Crippen MR) is 194 cm³/mol. The van der Waals surface area contributed by atoms with Crippen molar-refractivity contribution in [3.05, 3.63) is 119 Å². The summed E-state index contributed by atoms with van der Waals surface area (Å²) in [4.78, 5) is 0. The number of rotatable bonds is 5. The lowest BCUT2D eigenvalue weighted by molar-refractivity contribution is -0.147. The molecule has 0 spiro atoms. The summed E-state index contributed by atoms with van der Waals surface area (Å²) in [5.74, 6) is 0. The number of methoxy groups -OCH3 is 2. The highest BCUT2D eigenvalue weighted by Crippen LogP contribution is 2.35. The lowest BCUT2D eigenvalue weighted by atomic mass is 9.85. The van der Waals surface area contributed by atoms with Crippen LogP contribution in [0.4, 0.5) is 0 Å². The van der Waals surface area contributed by atoms with Crippen molar-refractivity contribution in [2.24, 2.45) is 0 Å². The summed E-state index contributed by atoms with van der Waals surface area (Å²) in [6.45, 7) is 10.2. The van der Waals surface area contributed by atoms with Gasteiger partial charge in [-0.15, -0.1) is 0 Å². The second-order valence-electron chi connectivity index (χ2n) is 13.2. The maximum absolute atomic E-state index is 5.27. The van der Waals surface area contributed by atoms with Gasteiger partial charge in [0, 0.05) is 14.2 Å². The van der Waals surface area contributed by atoms with Crippen molar-refractivity contribution < 1.29 is 9.47 Å². The normalized spacial score (nSPS) is 13.1. The molecule has 45 heavy (non-hydrogen) atoms. The maximum Gasteiger partial charge on any atom is 0.0905 e. The number of hydrogen-bond donors (Lipinski definition) is 0. The molecule has 1 aliphatic rings. The van der Waals surface area contributed by atoms with Gasteiger partial charge in [0.1, 0.15) is 0 Å². The molecular formula is C43H44O2.